The van der Waals surface area contributed by atoms with Crippen LogP contribution in [-0.2, 0) is 0 Å². The normalized spacial score (nSPS) is 11.2. The summed E-state index contributed by atoms with van der Waals surface area (Å²) in [6.07, 6.45) is 0.927. The van der Waals surface area contributed by atoms with Crippen LogP contribution in [0, 0.1) is 13.8 Å². The number of hydrogen-bond acceptors (Lipinski definition) is 5. The summed E-state index contributed by atoms with van der Waals surface area (Å²) in [5.41, 5.74) is 8.73. The number of benzene rings is 2. The fraction of sp³-hybridized carbons (Fsp3) is 0.0645. The molecule has 6 rings (SSSR count). The predicted octanol–water partition coefficient (Wildman–Crippen LogP) is 8.80. The average Bonchev–Trinajstić information content (AvgIpc) is 3.58. The Morgan fingerprint density at radius 2 is 1.11 bits per heavy atom. The highest BCUT2D eigenvalue weighted by Crippen LogP contribution is 2.43. The van der Waals surface area contributed by atoms with Crippen LogP contribution in [0.15, 0.2) is 91.0 Å². The van der Waals surface area contributed by atoms with Crippen molar-refractivity contribution in [1.29, 1.82) is 0 Å². The van der Waals surface area contributed by atoms with E-state index in [4.69, 9.17) is 9.97 Å². The number of carbonyl (C=O) groups excluding carboxylic acids is 1. The Balaban J connectivity index is 1.60. The second kappa shape index (κ2) is 9.26. The number of carbonyl (C=O) groups is 1. The van der Waals surface area contributed by atoms with Crippen LogP contribution in [-0.4, -0.2) is 16.3 Å². The zero-order valence-electron chi connectivity index (χ0n) is 19.9. The van der Waals surface area contributed by atoms with Gasteiger partial charge in [0.05, 0.1) is 11.4 Å². The lowest BCUT2D eigenvalue weighted by molar-refractivity contribution is 0.112. The van der Waals surface area contributed by atoms with Crippen molar-refractivity contribution in [3.05, 3.63) is 106 Å². The molecule has 0 bridgehead atoms. The van der Waals surface area contributed by atoms with Gasteiger partial charge in [-0.15, -0.1) is 22.7 Å². The fourth-order valence-electron chi connectivity index (χ4n) is 4.53. The molecule has 5 heteroatoms. The minimum Gasteiger partial charge on any atom is -0.298 e. The zero-order valence-corrected chi connectivity index (χ0v) is 21.5. The van der Waals surface area contributed by atoms with Crippen molar-refractivity contribution >= 4 is 29.0 Å². The smallest absolute Gasteiger partial charge is 0.150 e. The van der Waals surface area contributed by atoms with E-state index in [9.17, 15) is 4.79 Å². The van der Waals surface area contributed by atoms with Gasteiger partial charge >= 0.3 is 0 Å². The summed E-state index contributed by atoms with van der Waals surface area (Å²) in [6, 6.07) is 30.8. The fourth-order valence-corrected chi connectivity index (χ4v) is 6.40. The molecule has 2 heterocycles. The van der Waals surface area contributed by atoms with Gasteiger partial charge in [0.2, 0.25) is 0 Å². The molecule has 0 amide bonds. The van der Waals surface area contributed by atoms with Crippen LogP contribution in [0.1, 0.15) is 20.1 Å². The summed E-state index contributed by atoms with van der Waals surface area (Å²) in [4.78, 5) is 24.3. The second-order valence-corrected chi connectivity index (χ2v) is 11.1. The molecule has 4 aromatic rings. The maximum Gasteiger partial charge on any atom is 0.150 e. The molecule has 2 aromatic heterocycles. The van der Waals surface area contributed by atoms with Crippen molar-refractivity contribution < 1.29 is 4.79 Å². The maximum absolute atomic E-state index is 11.8. The first-order valence-electron chi connectivity index (χ1n) is 11.7. The van der Waals surface area contributed by atoms with E-state index in [2.05, 4.69) is 56.3 Å². The quantitative estimate of drug-likeness (QED) is 0.221. The van der Waals surface area contributed by atoms with E-state index >= 15 is 0 Å². The molecule has 0 saturated carbocycles. The van der Waals surface area contributed by atoms with Gasteiger partial charge in [0, 0.05) is 37.6 Å². The zero-order chi connectivity index (χ0) is 24.6. The predicted molar refractivity (Wildman–Crippen MR) is 151 cm³/mol. The van der Waals surface area contributed by atoms with Crippen LogP contribution in [0.3, 0.4) is 0 Å². The molecular formula is C31H22N2OS2. The number of fused-ring (bicyclic) bond motifs is 1. The number of aromatic nitrogens is 2. The van der Waals surface area contributed by atoms with Gasteiger partial charge in [0.15, 0.2) is 6.29 Å². The first kappa shape index (κ1) is 22.5. The van der Waals surface area contributed by atoms with Crippen LogP contribution in [0.2, 0.25) is 0 Å². The Hall–Kier alpha value is -3.93. The third-order valence-corrected chi connectivity index (χ3v) is 8.38. The van der Waals surface area contributed by atoms with Gasteiger partial charge in [-0.25, -0.2) is 9.97 Å². The van der Waals surface area contributed by atoms with Gasteiger partial charge in [-0.2, -0.15) is 0 Å². The van der Waals surface area contributed by atoms with Crippen LogP contribution in [0.5, 0.6) is 0 Å². The van der Waals surface area contributed by atoms with Gasteiger partial charge in [-0.1, -0.05) is 84.9 Å². The van der Waals surface area contributed by atoms with Gasteiger partial charge in [0.25, 0.3) is 0 Å². The van der Waals surface area contributed by atoms with Crippen molar-refractivity contribution in [3.63, 3.8) is 0 Å². The minimum atomic E-state index is 0.685. The van der Waals surface area contributed by atoms with Gasteiger partial charge in [-0.05, 0) is 31.0 Å². The highest BCUT2D eigenvalue weighted by atomic mass is 32.1. The Kier molecular flexibility index (Phi) is 5.80. The SMILES string of the molecule is Cc1sc(-c2ccccc2)nc1-c1ccc2ccc(C=O)c-2cc1-c1nc(-c2ccccc2)sc1C. The Morgan fingerprint density at radius 3 is 1.67 bits per heavy atom. The molecule has 2 aliphatic carbocycles. The molecule has 0 fully saturated rings. The monoisotopic (exact) mass is 502 g/mol. The lowest BCUT2D eigenvalue weighted by Gasteiger charge is -2.06. The Labute approximate surface area is 218 Å². The van der Waals surface area contributed by atoms with Crippen molar-refractivity contribution in [2.24, 2.45) is 0 Å². The number of aldehydes is 1. The molecule has 0 radical (unpaired) electrons. The largest absolute Gasteiger partial charge is 0.298 e. The highest BCUT2D eigenvalue weighted by molar-refractivity contribution is 7.15. The average molecular weight is 503 g/mol. The molecule has 36 heavy (non-hydrogen) atoms. The number of rotatable bonds is 5. The first-order chi connectivity index (χ1) is 17.6. The van der Waals surface area contributed by atoms with E-state index < -0.39 is 0 Å². The lowest BCUT2D eigenvalue weighted by atomic mass is 10.0. The summed E-state index contributed by atoms with van der Waals surface area (Å²) in [5, 5.41) is 1.98. The first-order valence-corrected chi connectivity index (χ1v) is 13.3. The number of aryl methyl sites for hydroxylation is 2. The summed E-state index contributed by atoms with van der Waals surface area (Å²) >= 11 is 3.39. The molecule has 3 nitrogen and oxygen atoms in total. The standard InChI is InChI=1S/C31H22N2OS2/c1-19-28(32-30(35-19)22-9-5-3-6-10-22)25-16-15-21-13-14-24(18-34)26(21)17-27(25)29-20(2)36-31(33-29)23-11-7-4-8-12-23/h3-18H,1-2H3. The molecule has 0 atom stereocenters. The van der Waals surface area contributed by atoms with Gasteiger partial charge in [-0.3, -0.25) is 4.79 Å². The van der Waals surface area contributed by atoms with Crippen LogP contribution >= 0.6 is 22.7 Å². The summed E-state index contributed by atoms with van der Waals surface area (Å²) in [7, 11) is 0. The van der Waals surface area contributed by atoms with Crippen molar-refractivity contribution in [1.82, 2.24) is 9.97 Å². The van der Waals surface area contributed by atoms with E-state index in [1.165, 1.54) is 0 Å². The summed E-state index contributed by atoms with van der Waals surface area (Å²) in [6.45, 7) is 4.23. The highest BCUT2D eigenvalue weighted by Gasteiger charge is 2.21. The van der Waals surface area contributed by atoms with Crippen LogP contribution in [0.4, 0.5) is 0 Å². The van der Waals surface area contributed by atoms with E-state index in [1.54, 1.807) is 22.7 Å². The van der Waals surface area contributed by atoms with E-state index in [-0.39, 0.29) is 0 Å². The third-order valence-electron chi connectivity index (χ3n) is 6.34. The van der Waals surface area contributed by atoms with Crippen molar-refractivity contribution in [2.75, 3.05) is 0 Å². The maximum atomic E-state index is 11.8. The second-order valence-electron chi connectivity index (χ2n) is 8.66. The number of hydrogen-bond donors (Lipinski definition) is 0. The van der Waals surface area contributed by atoms with Crippen LogP contribution < -0.4 is 0 Å². The molecule has 0 N–H and O–H groups in total. The minimum absolute atomic E-state index is 0.685. The number of nitrogens with zero attached hydrogens (tertiary/aromatic N) is 2. The molecular weight excluding hydrogens is 480 g/mol. The van der Waals surface area contributed by atoms with E-state index in [0.717, 1.165) is 70.8 Å². The number of thiazole rings is 2. The topological polar surface area (TPSA) is 42.9 Å². The van der Waals surface area contributed by atoms with E-state index in [1.807, 2.05) is 48.5 Å². The van der Waals surface area contributed by atoms with E-state index in [0.29, 0.717) is 5.56 Å². The summed E-state index contributed by atoms with van der Waals surface area (Å²) in [5.74, 6) is 0. The Bertz CT molecular complexity index is 1670. The molecule has 0 aliphatic heterocycles. The molecule has 0 saturated heterocycles. The lowest BCUT2D eigenvalue weighted by Crippen LogP contribution is -1.88. The molecule has 2 aromatic carbocycles. The molecule has 0 unspecified atom stereocenters. The van der Waals surface area contributed by atoms with Crippen LogP contribution in [0.25, 0.3) is 54.8 Å². The molecule has 0 spiro atoms. The van der Waals surface area contributed by atoms with Crippen molar-refractivity contribution in [2.45, 2.75) is 13.8 Å². The molecule has 2 aliphatic rings. The summed E-state index contributed by atoms with van der Waals surface area (Å²) < 4.78 is 0. The molecule has 174 valence electrons. The Morgan fingerprint density at radius 1 is 0.583 bits per heavy atom. The third kappa shape index (κ3) is 3.96. The van der Waals surface area contributed by atoms with Gasteiger partial charge < -0.3 is 0 Å². The van der Waals surface area contributed by atoms with Gasteiger partial charge in [0.1, 0.15) is 10.0 Å². The van der Waals surface area contributed by atoms with Crippen molar-refractivity contribution in [3.8, 4) is 54.8 Å².